The summed E-state index contributed by atoms with van der Waals surface area (Å²) in [7, 11) is 0. The maximum Gasteiger partial charge on any atom is 0.248 e. The summed E-state index contributed by atoms with van der Waals surface area (Å²) in [5.41, 5.74) is 0.391. The number of halogens is 2. The molecule has 1 N–H and O–H groups in total. The second-order valence-electron chi connectivity index (χ2n) is 4.19. The second-order valence-corrected chi connectivity index (χ2v) is 5.07. The topological polar surface area (TPSA) is 29.1 Å². The first kappa shape index (κ1) is 15.3. The molecule has 21 heavy (non-hydrogen) atoms. The van der Waals surface area contributed by atoms with Crippen LogP contribution >= 0.6 is 11.8 Å². The molecule has 5 heteroatoms. The molecular formula is C16H13F2NOS. The first-order valence-electron chi connectivity index (χ1n) is 6.17. The molecule has 0 saturated heterocycles. The Balaban J connectivity index is 2.05. The molecule has 2 aromatic carbocycles. The van der Waals surface area contributed by atoms with E-state index in [0.29, 0.717) is 0 Å². The van der Waals surface area contributed by atoms with E-state index in [4.69, 9.17) is 0 Å². The van der Waals surface area contributed by atoms with E-state index in [9.17, 15) is 13.6 Å². The quantitative estimate of drug-likeness (QED) is 0.672. The Hall–Kier alpha value is -2.14. The minimum atomic E-state index is -0.805. The number of benzene rings is 2. The van der Waals surface area contributed by atoms with E-state index in [0.717, 1.165) is 22.6 Å². The fourth-order valence-corrected chi connectivity index (χ4v) is 2.08. The largest absolute Gasteiger partial charge is 0.318 e. The number of thioether (sulfide) groups is 1. The molecule has 1 amide bonds. The van der Waals surface area contributed by atoms with Gasteiger partial charge in [0.15, 0.2) is 0 Å². The number of carbonyl (C=O) groups is 1. The maximum atomic E-state index is 13.4. The molecule has 108 valence electrons. The summed E-state index contributed by atoms with van der Waals surface area (Å²) in [5, 5.41) is 2.19. The summed E-state index contributed by atoms with van der Waals surface area (Å²) < 4.78 is 26.8. The molecule has 0 atom stereocenters. The number of amides is 1. The first-order chi connectivity index (χ1) is 10.1. The molecular weight excluding hydrogens is 292 g/mol. The highest BCUT2D eigenvalue weighted by Crippen LogP contribution is 2.18. The van der Waals surface area contributed by atoms with Gasteiger partial charge in [-0.2, -0.15) is 0 Å². The zero-order valence-electron chi connectivity index (χ0n) is 11.3. The Morgan fingerprint density at radius 3 is 2.29 bits per heavy atom. The van der Waals surface area contributed by atoms with Gasteiger partial charge in [-0.3, -0.25) is 4.79 Å². The first-order valence-corrected chi connectivity index (χ1v) is 7.40. The molecule has 2 rings (SSSR count). The molecule has 0 saturated carbocycles. The summed E-state index contributed by atoms with van der Waals surface area (Å²) in [4.78, 5) is 12.8. The van der Waals surface area contributed by atoms with Crippen LogP contribution in [0.1, 0.15) is 5.56 Å². The number of nitrogens with one attached hydrogen (secondary N) is 1. The Kier molecular flexibility index (Phi) is 5.11. The van der Waals surface area contributed by atoms with Gasteiger partial charge in [0.2, 0.25) is 5.91 Å². The van der Waals surface area contributed by atoms with E-state index in [1.807, 2.05) is 30.5 Å². The number of carbonyl (C=O) groups excluding carboxylic acids is 1. The summed E-state index contributed by atoms with van der Waals surface area (Å²) >= 11 is 1.62. The van der Waals surface area contributed by atoms with Crippen LogP contribution in [0.5, 0.6) is 0 Å². The molecule has 2 aromatic rings. The summed E-state index contributed by atoms with van der Waals surface area (Å²) in [5.74, 6) is -2.20. The SMILES string of the molecule is CSc1ccc(/C=C/C(=O)Nc2c(F)cccc2F)cc1. The van der Waals surface area contributed by atoms with Crippen molar-refractivity contribution < 1.29 is 13.6 Å². The van der Waals surface area contributed by atoms with Gasteiger partial charge >= 0.3 is 0 Å². The fraction of sp³-hybridized carbons (Fsp3) is 0.0625. The molecule has 0 aliphatic heterocycles. The third-order valence-electron chi connectivity index (χ3n) is 2.75. The molecule has 0 radical (unpaired) electrons. The van der Waals surface area contributed by atoms with Crippen LogP contribution in [0.15, 0.2) is 53.4 Å². The Labute approximate surface area is 125 Å². The van der Waals surface area contributed by atoms with Crippen molar-refractivity contribution >= 4 is 29.4 Å². The molecule has 0 unspecified atom stereocenters. The van der Waals surface area contributed by atoms with E-state index in [-0.39, 0.29) is 0 Å². The zero-order chi connectivity index (χ0) is 15.2. The number of anilines is 1. The highest BCUT2D eigenvalue weighted by Gasteiger charge is 2.09. The lowest BCUT2D eigenvalue weighted by molar-refractivity contribution is -0.111. The lowest BCUT2D eigenvalue weighted by Gasteiger charge is -2.04. The number of hydrogen-bond acceptors (Lipinski definition) is 2. The van der Waals surface area contributed by atoms with Crippen molar-refractivity contribution in [1.29, 1.82) is 0 Å². The van der Waals surface area contributed by atoms with Crippen LogP contribution in [0.2, 0.25) is 0 Å². The monoisotopic (exact) mass is 305 g/mol. The predicted molar refractivity (Wildman–Crippen MR) is 82.2 cm³/mol. The van der Waals surface area contributed by atoms with Gasteiger partial charge in [-0.05, 0) is 42.2 Å². The maximum absolute atomic E-state index is 13.4. The molecule has 0 aliphatic rings. The van der Waals surface area contributed by atoms with Crippen molar-refractivity contribution in [3.05, 3.63) is 65.7 Å². The second kappa shape index (κ2) is 7.04. The molecule has 0 fully saturated rings. The molecule has 0 heterocycles. The average Bonchev–Trinajstić information content (AvgIpc) is 2.49. The van der Waals surface area contributed by atoms with Gasteiger partial charge in [0.25, 0.3) is 0 Å². The lowest BCUT2D eigenvalue weighted by atomic mass is 10.2. The van der Waals surface area contributed by atoms with E-state index < -0.39 is 23.2 Å². The van der Waals surface area contributed by atoms with E-state index >= 15 is 0 Å². The van der Waals surface area contributed by atoms with Gasteiger partial charge < -0.3 is 5.32 Å². The number of hydrogen-bond donors (Lipinski definition) is 1. The summed E-state index contributed by atoms with van der Waals surface area (Å²) in [6.07, 6.45) is 4.79. The molecule has 0 aromatic heterocycles. The van der Waals surface area contributed by atoms with Crippen LogP contribution in [0.4, 0.5) is 14.5 Å². The Morgan fingerprint density at radius 1 is 1.10 bits per heavy atom. The van der Waals surface area contributed by atoms with Crippen LogP contribution in [0, 0.1) is 11.6 Å². The lowest BCUT2D eigenvalue weighted by Crippen LogP contribution is -2.10. The van der Waals surface area contributed by atoms with Crippen LogP contribution in [-0.2, 0) is 4.79 Å². The molecule has 2 nitrogen and oxygen atoms in total. The van der Waals surface area contributed by atoms with E-state index in [2.05, 4.69) is 5.32 Å². The van der Waals surface area contributed by atoms with Gasteiger partial charge in [0, 0.05) is 11.0 Å². The molecule has 0 spiro atoms. The van der Waals surface area contributed by atoms with E-state index in [1.165, 1.54) is 12.1 Å². The van der Waals surface area contributed by atoms with Crippen LogP contribution in [0.25, 0.3) is 6.08 Å². The van der Waals surface area contributed by atoms with Crippen LogP contribution < -0.4 is 5.32 Å². The Bertz CT molecular complexity index is 648. The van der Waals surface area contributed by atoms with Crippen molar-refractivity contribution in [3.8, 4) is 0 Å². The van der Waals surface area contributed by atoms with Crippen LogP contribution in [-0.4, -0.2) is 12.2 Å². The highest BCUT2D eigenvalue weighted by atomic mass is 32.2. The van der Waals surface area contributed by atoms with Gasteiger partial charge in [0.1, 0.15) is 17.3 Å². The number of rotatable bonds is 4. The van der Waals surface area contributed by atoms with Crippen molar-refractivity contribution in [2.75, 3.05) is 11.6 Å². The van der Waals surface area contributed by atoms with Gasteiger partial charge in [-0.25, -0.2) is 8.78 Å². The van der Waals surface area contributed by atoms with Gasteiger partial charge in [0.05, 0.1) is 0 Å². The summed E-state index contributed by atoms with van der Waals surface area (Å²) in [6, 6.07) is 11.0. The zero-order valence-corrected chi connectivity index (χ0v) is 12.1. The summed E-state index contributed by atoms with van der Waals surface area (Å²) in [6.45, 7) is 0. The van der Waals surface area contributed by atoms with E-state index in [1.54, 1.807) is 17.8 Å². The van der Waals surface area contributed by atoms with Gasteiger partial charge in [-0.1, -0.05) is 18.2 Å². The highest BCUT2D eigenvalue weighted by molar-refractivity contribution is 7.98. The van der Waals surface area contributed by atoms with Crippen molar-refractivity contribution in [2.24, 2.45) is 0 Å². The minimum Gasteiger partial charge on any atom is -0.318 e. The molecule has 0 aliphatic carbocycles. The fourth-order valence-electron chi connectivity index (χ4n) is 1.67. The standard InChI is InChI=1S/C16H13F2NOS/c1-21-12-8-5-11(6-9-12)7-10-15(20)19-16-13(17)3-2-4-14(16)18/h2-10H,1H3,(H,19,20)/b10-7+. The van der Waals surface area contributed by atoms with Gasteiger partial charge in [-0.15, -0.1) is 11.8 Å². The van der Waals surface area contributed by atoms with Crippen molar-refractivity contribution in [1.82, 2.24) is 0 Å². The number of para-hydroxylation sites is 1. The minimum absolute atomic E-state index is 0.440. The van der Waals surface area contributed by atoms with Crippen molar-refractivity contribution in [3.63, 3.8) is 0 Å². The normalized spacial score (nSPS) is 10.8. The third-order valence-corrected chi connectivity index (χ3v) is 3.50. The van der Waals surface area contributed by atoms with Crippen LogP contribution in [0.3, 0.4) is 0 Å². The smallest absolute Gasteiger partial charge is 0.248 e. The molecule has 0 bridgehead atoms. The predicted octanol–water partition coefficient (Wildman–Crippen LogP) is 4.34. The Morgan fingerprint density at radius 2 is 1.71 bits per heavy atom. The average molecular weight is 305 g/mol. The van der Waals surface area contributed by atoms with Crippen molar-refractivity contribution in [2.45, 2.75) is 4.90 Å². The third kappa shape index (κ3) is 4.16.